The Bertz CT molecular complexity index is 468. The molecule has 0 aliphatic rings. The monoisotopic (exact) mass is 229 g/mol. The molecule has 2 rings (SSSR count). The zero-order chi connectivity index (χ0) is 11.2. The molecule has 0 radical (unpaired) electrons. The van der Waals surface area contributed by atoms with Crippen LogP contribution >= 0.6 is 11.8 Å². The van der Waals surface area contributed by atoms with E-state index in [0.717, 1.165) is 16.4 Å². The lowest BCUT2D eigenvalue weighted by Gasteiger charge is -2.01. The average molecular weight is 229 g/mol. The summed E-state index contributed by atoms with van der Waals surface area (Å²) in [5, 5.41) is 0.897. The van der Waals surface area contributed by atoms with Crippen LogP contribution in [0.15, 0.2) is 53.9 Å². The summed E-state index contributed by atoms with van der Waals surface area (Å²) in [6.07, 6.45) is 5.25. The number of rotatable bonds is 2. The molecule has 1 heterocycles. The van der Waals surface area contributed by atoms with Crippen LogP contribution in [0.2, 0.25) is 0 Å². The Morgan fingerprint density at radius 2 is 2.00 bits per heavy atom. The van der Waals surface area contributed by atoms with Gasteiger partial charge in [-0.25, -0.2) is 15.0 Å². The van der Waals surface area contributed by atoms with E-state index >= 15 is 0 Å². The van der Waals surface area contributed by atoms with Gasteiger partial charge >= 0.3 is 0 Å². The van der Waals surface area contributed by atoms with Crippen LogP contribution in [0.25, 0.3) is 0 Å². The Labute approximate surface area is 98.7 Å². The first-order valence-electron chi connectivity index (χ1n) is 4.84. The van der Waals surface area contributed by atoms with Crippen LogP contribution in [0.3, 0.4) is 0 Å². The standard InChI is InChI=1S/C12H11N3S/c1-16-12(11-7-8-13-9-14-11)15-10-5-3-2-4-6-10/h2-9H,1H3. The number of hydrogen-bond donors (Lipinski definition) is 0. The molecule has 0 fully saturated rings. The lowest BCUT2D eigenvalue weighted by molar-refractivity contribution is 1.15. The van der Waals surface area contributed by atoms with Crippen LogP contribution in [-0.2, 0) is 0 Å². The smallest absolute Gasteiger partial charge is 0.122 e. The zero-order valence-electron chi connectivity index (χ0n) is 8.87. The van der Waals surface area contributed by atoms with Gasteiger partial charge in [-0.15, -0.1) is 11.8 Å². The van der Waals surface area contributed by atoms with Gasteiger partial charge in [0.05, 0.1) is 11.4 Å². The van der Waals surface area contributed by atoms with Crippen LogP contribution in [0.1, 0.15) is 5.69 Å². The maximum absolute atomic E-state index is 4.54. The number of aromatic nitrogens is 2. The number of nitrogens with zero attached hydrogens (tertiary/aromatic N) is 3. The van der Waals surface area contributed by atoms with Gasteiger partial charge in [-0.05, 0) is 24.5 Å². The molecule has 0 bridgehead atoms. The Morgan fingerprint density at radius 3 is 2.62 bits per heavy atom. The van der Waals surface area contributed by atoms with Crippen molar-refractivity contribution in [2.75, 3.05) is 6.26 Å². The van der Waals surface area contributed by atoms with Crippen molar-refractivity contribution in [1.82, 2.24) is 9.97 Å². The van der Waals surface area contributed by atoms with E-state index in [-0.39, 0.29) is 0 Å². The molecule has 0 aliphatic heterocycles. The summed E-state index contributed by atoms with van der Waals surface area (Å²) in [7, 11) is 0. The first kappa shape index (κ1) is 10.8. The zero-order valence-corrected chi connectivity index (χ0v) is 9.69. The first-order chi connectivity index (χ1) is 7.90. The second-order valence-electron chi connectivity index (χ2n) is 3.05. The molecule has 0 saturated carbocycles. The molecular formula is C12H11N3S. The Kier molecular flexibility index (Phi) is 3.66. The number of hydrogen-bond acceptors (Lipinski definition) is 4. The Morgan fingerprint density at radius 1 is 1.19 bits per heavy atom. The largest absolute Gasteiger partial charge is 0.245 e. The maximum atomic E-state index is 4.54. The SMILES string of the molecule is CSC(=Nc1ccccc1)c1ccncn1. The summed E-state index contributed by atoms with van der Waals surface area (Å²) < 4.78 is 0. The van der Waals surface area contributed by atoms with Crippen LogP contribution in [0, 0.1) is 0 Å². The van der Waals surface area contributed by atoms with Crippen LogP contribution in [0.5, 0.6) is 0 Å². The molecule has 0 atom stereocenters. The third-order valence-electron chi connectivity index (χ3n) is 1.98. The van der Waals surface area contributed by atoms with Crippen molar-refractivity contribution in [3.05, 3.63) is 54.6 Å². The van der Waals surface area contributed by atoms with Gasteiger partial charge in [0.2, 0.25) is 0 Å². The summed E-state index contributed by atoms with van der Waals surface area (Å²) in [5.41, 5.74) is 1.79. The summed E-state index contributed by atoms with van der Waals surface area (Å²) in [4.78, 5) is 12.6. The molecule has 0 N–H and O–H groups in total. The van der Waals surface area contributed by atoms with Gasteiger partial charge < -0.3 is 0 Å². The van der Waals surface area contributed by atoms with E-state index in [1.165, 1.54) is 6.33 Å². The van der Waals surface area contributed by atoms with Crippen molar-refractivity contribution < 1.29 is 0 Å². The van der Waals surface area contributed by atoms with Gasteiger partial charge in [0.25, 0.3) is 0 Å². The molecule has 0 amide bonds. The molecule has 0 saturated heterocycles. The molecule has 0 unspecified atom stereocenters. The molecule has 3 nitrogen and oxygen atoms in total. The van der Waals surface area contributed by atoms with E-state index < -0.39 is 0 Å². The molecule has 0 spiro atoms. The van der Waals surface area contributed by atoms with Gasteiger partial charge in [-0.1, -0.05) is 18.2 Å². The highest BCUT2D eigenvalue weighted by atomic mass is 32.2. The lowest BCUT2D eigenvalue weighted by atomic mass is 10.3. The number of thioether (sulfide) groups is 1. The highest BCUT2D eigenvalue weighted by molar-refractivity contribution is 8.13. The number of aliphatic imine (C=N–C) groups is 1. The van der Waals surface area contributed by atoms with Crippen molar-refractivity contribution in [3.8, 4) is 0 Å². The van der Waals surface area contributed by atoms with E-state index in [1.54, 1.807) is 18.0 Å². The second kappa shape index (κ2) is 5.42. The molecule has 2 aromatic rings. The van der Waals surface area contributed by atoms with Gasteiger partial charge in [-0.3, -0.25) is 0 Å². The fourth-order valence-corrected chi connectivity index (χ4v) is 1.77. The van der Waals surface area contributed by atoms with Crippen molar-refractivity contribution in [2.45, 2.75) is 0 Å². The molecule has 0 aliphatic carbocycles. The van der Waals surface area contributed by atoms with E-state index in [1.807, 2.05) is 42.7 Å². The minimum Gasteiger partial charge on any atom is -0.245 e. The second-order valence-corrected chi connectivity index (χ2v) is 3.85. The fraction of sp³-hybridized carbons (Fsp3) is 0.0833. The Balaban J connectivity index is 2.34. The van der Waals surface area contributed by atoms with Gasteiger partial charge in [0.15, 0.2) is 0 Å². The van der Waals surface area contributed by atoms with E-state index in [9.17, 15) is 0 Å². The summed E-state index contributed by atoms with van der Waals surface area (Å²) in [6.45, 7) is 0. The topological polar surface area (TPSA) is 38.1 Å². The van der Waals surface area contributed by atoms with Crippen molar-refractivity contribution in [2.24, 2.45) is 4.99 Å². The van der Waals surface area contributed by atoms with Crippen LogP contribution in [0.4, 0.5) is 5.69 Å². The summed E-state index contributed by atoms with van der Waals surface area (Å²) in [5.74, 6) is 0. The lowest BCUT2D eigenvalue weighted by Crippen LogP contribution is -1.97. The van der Waals surface area contributed by atoms with Crippen LogP contribution in [-0.4, -0.2) is 21.3 Å². The van der Waals surface area contributed by atoms with Crippen molar-refractivity contribution >= 4 is 22.5 Å². The normalized spacial score (nSPS) is 11.4. The van der Waals surface area contributed by atoms with Crippen molar-refractivity contribution in [3.63, 3.8) is 0 Å². The molecular weight excluding hydrogens is 218 g/mol. The summed E-state index contributed by atoms with van der Waals surface area (Å²) in [6, 6.07) is 11.7. The highest BCUT2D eigenvalue weighted by Crippen LogP contribution is 2.16. The summed E-state index contributed by atoms with van der Waals surface area (Å²) >= 11 is 1.58. The van der Waals surface area contributed by atoms with E-state index in [0.29, 0.717) is 0 Å². The number of para-hydroxylation sites is 1. The van der Waals surface area contributed by atoms with E-state index in [4.69, 9.17) is 0 Å². The third-order valence-corrected chi connectivity index (χ3v) is 2.67. The predicted molar refractivity (Wildman–Crippen MR) is 68.2 cm³/mol. The molecule has 80 valence electrons. The fourth-order valence-electron chi connectivity index (χ4n) is 1.24. The van der Waals surface area contributed by atoms with Gasteiger partial charge in [-0.2, -0.15) is 0 Å². The average Bonchev–Trinajstić information content (AvgIpc) is 2.38. The molecule has 1 aromatic carbocycles. The van der Waals surface area contributed by atoms with Gasteiger partial charge in [0, 0.05) is 6.20 Å². The molecule has 16 heavy (non-hydrogen) atoms. The predicted octanol–water partition coefficient (Wildman–Crippen LogP) is 2.92. The minimum atomic E-state index is 0.853. The minimum absolute atomic E-state index is 0.853. The molecule has 1 aromatic heterocycles. The Hall–Kier alpha value is -1.68. The van der Waals surface area contributed by atoms with Crippen LogP contribution < -0.4 is 0 Å². The quantitative estimate of drug-likeness (QED) is 0.587. The highest BCUT2D eigenvalue weighted by Gasteiger charge is 2.02. The van der Waals surface area contributed by atoms with Crippen molar-refractivity contribution in [1.29, 1.82) is 0 Å². The third kappa shape index (κ3) is 2.67. The van der Waals surface area contributed by atoms with Gasteiger partial charge in [0.1, 0.15) is 11.4 Å². The first-order valence-corrected chi connectivity index (χ1v) is 6.07. The van der Waals surface area contributed by atoms with E-state index in [2.05, 4.69) is 15.0 Å². The molecule has 4 heteroatoms. The maximum Gasteiger partial charge on any atom is 0.122 e. The number of benzene rings is 1.